The molecule has 0 saturated carbocycles. The average molecular weight is 1240 g/mol. The molecule has 0 radical (unpaired) electrons. The van der Waals surface area contributed by atoms with Gasteiger partial charge in [0.15, 0.2) is 0 Å². The van der Waals surface area contributed by atoms with Crippen molar-refractivity contribution in [3.05, 3.63) is 46.2 Å². The maximum Gasteiger partial charge on any atom is 0.475 e. The van der Waals surface area contributed by atoms with Crippen LogP contribution in [0.25, 0.3) is 20.9 Å². The molecule has 21 nitrogen and oxygen atoms in total. The summed E-state index contributed by atoms with van der Waals surface area (Å²) in [6, 6.07) is -1.47. The lowest BCUT2D eigenvalue weighted by molar-refractivity contribution is -0.151. The van der Waals surface area contributed by atoms with E-state index in [-0.39, 0.29) is 83.5 Å². The minimum atomic E-state index is -3.89. The van der Waals surface area contributed by atoms with Gasteiger partial charge in [-0.15, -0.1) is 13.2 Å². The summed E-state index contributed by atoms with van der Waals surface area (Å²) < 4.78 is 80.2. The Morgan fingerprint density at radius 1 is 0.440 bits per heavy atom. The SMILES string of the molecule is C=CCOP(=O)(OCCC)OC[C@@H](COCC[C@@H](CCCCCCC)OC(=O)CCCCCCCCCCC)N=[N+]=[N-].C=CCOP(=O)(OCCN)OC[C@@H](COCC[C@@H](CCCCCCC)OC(=O)CCCCCCCCCCC)N=[N+]=[N-]. The fraction of sp³-hybridized carbons (Fsp3) is 0.902. The highest BCUT2D eigenvalue weighted by molar-refractivity contribution is 7.48. The summed E-state index contributed by atoms with van der Waals surface area (Å²) in [5.74, 6) is -0.288. The highest BCUT2D eigenvalue weighted by atomic mass is 31.2. The van der Waals surface area contributed by atoms with Crippen molar-refractivity contribution in [2.75, 3.05) is 72.6 Å². The van der Waals surface area contributed by atoms with Crippen molar-refractivity contribution in [3.63, 3.8) is 0 Å². The number of hydrogen-bond acceptors (Lipinski definition) is 17. The zero-order valence-corrected chi connectivity index (χ0v) is 55.1. The Morgan fingerprint density at radius 3 is 1.10 bits per heavy atom. The van der Waals surface area contributed by atoms with Gasteiger partial charge in [-0.1, -0.05) is 211 Å². The van der Waals surface area contributed by atoms with Crippen LogP contribution in [-0.2, 0) is 64.8 Å². The number of unbranched alkanes of at least 4 members (excludes halogenated alkanes) is 24. The molecule has 0 saturated heterocycles. The van der Waals surface area contributed by atoms with Gasteiger partial charge in [0.1, 0.15) is 12.2 Å². The molecule has 2 unspecified atom stereocenters. The topological polar surface area (TPSA) is 284 Å². The molecule has 0 aromatic carbocycles. The zero-order valence-electron chi connectivity index (χ0n) is 53.3. The van der Waals surface area contributed by atoms with E-state index in [0.29, 0.717) is 45.3 Å². The molecule has 84 heavy (non-hydrogen) atoms. The molecule has 2 N–H and O–H groups in total. The summed E-state index contributed by atoms with van der Waals surface area (Å²) in [6.07, 6.45) is 39.7. The molecule has 0 spiro atoms. The van der Waals surface area contributed by atoms with Crippen LogP contribution in [0.2, 0.25) is 0 Å². The average Bonchev–Trinajstić information content (AvgIpc) is 3.50. The first-order chi connectivity index (χ1) is 40.9. The van der Waals surface area contributed by atoms with E-state index in [4.69, 9.17) is 62.9 Å². The third-order valence-electron chi connectivity index (χ3n) is 13.4. The van der Waals surface area contributed by atoms with Gasteiger partial charge in [0.2, 0.25) is 0 Å². The molecule has 0 rings (SSSR count). The molecular weight excluding hydrogens is 1120 g/mol. The van der Waals surface area contributed by atoms with E-state index in [0.717, 1.165) is 64.2 Å². The second-order valence-electron chi connectivity index (χ2n) is 21.3. The number of ether oxygens (including phenoxy) is 4. The standard InChI is InChI=1S/C31H60N3O7P.C30H59N4O7P/c1-5-9-11-13-14-15-16-18-20-22-31(35)41-30(21-19-17-12-10-6-2)23-26-37-27-29(33-34-32)28-40-42(36,38-24-7-3)39-25-8-4;1-4-7-9-11-12-13-14-16-18-20-30(35)41-29(19-17-15-10-8-5-2)21-24-37-26-28(33-34-32)27-40-42(36,38-23-6-3)39-25-22-31/h7,29-30H,3,5-6,8-28H2,1-2,4H3;6,28-29H,3-5,7-27,31H2,1-2H3/t29-,30-,42?;28-,29-,42?/m11/s1. The van der Waals surface area contributed by atoms with Crippen LogP contribution in [0.5, 0.6) is 0 Å². The van der Waals surface area contributed by atoms with Crippen LogP contribution in [0.3, 0.4) is 0 Å². The molecule has 23 heteroatoms. The van der Waals surface area contributed by atoms with Crippen LogP contribution in [0, 0.1) is 0 Å². The number of rotatable bonds is 64. The summed E-state index contributed by atoms with van der Waals surface area (Å²) in [5, 5.41) is 7.37. The van der Waals surface area contributed by atoms with E-state index >= 15 is 0 Å². The molecule has 6 atom stereocenters. The van der Waals surface area contributed by atoms with Gasteiger partial charge >= 0.3 is 27.6 Å². The maximum atomic E-state index is 12.8. The number of nitrogens with two attached hydrogens (primary N) is 1. The first-order valence-corrected chi connectivity index (χ1v) is 35.4. The van der Waals surface area contributed by atoms with E-state index < -0.39 is 27.7 Å². The highest BCUT2D eigenvalue weighted by Gasteiger charge is 2.29. The van der Waals surface area contributed by atoms with Crippen LogP contribution >= 0.6 is 15.6 Å². The number of hydrogen-bond donors (Lipinski definition) is 1. The van der Waals surface area contributed by atoms with Crippen molar-refractivity contribution in [2.45, 2.75) is 284 Å². The lowest BCUT2D eigenvalue weighted by atomic mass is 10.1. The van der Waals surface area contributed by atoms with Crippen molar-refractivity contribution < 1.29 is 64.8 Å². The Morgan fingerprint density at radius 2 is 0.774 bits per heavy atom. The molecule has 0 heterocycles. The zero-order chi connectivity index (χ0) is 62.3. The van der Waals surface area contributed by atoms with Gasteiger partial charge in [-0.3, -0.25) is 36.7 Å². The third-order valence-corrected chi connectivity index (χ3v) is 16.3. The van der Waals surface area contributed by atoms with E-state index in [9.17, 15) is 18.7 Å². The predicted octanol–water partition coefficient (Wildman–Crippen LogP) is 18.6. The van der Waals surface area contributed by atoms with E-state index in [1.807, 2.05) is 6.92 Å². The fourth-order valence-electron chi connectivity index (χ4n) is 8.60. The Kier molecular flexibility index (Phi) is 62.6. The predicted molar refractivity (Wildman–Crippen MR) is 338 cm³/mol. The second kappa shape index (κ2) is 63.2. The quantitative estimate of drug-likeness (QED) is 0.0113. The molecule has 0 fully saturated rings. The lowest BCUT2D eigenvalue weighted by Gasteiger charge is -2.20. The Bertz CT molecular complexity index is 1630. The Hall–Kier alpha value is -2.86. The van der Waals surface area contributed by atoms with Crippen LogP contribution in [0.15, 0.2) is 35.5 Å². The second-order valence-corrected chi connectivity index (χ2v) is 24.7. The van der Waals surface area contributed by atoms with Gasteiger partial charge in [-0.2, -0.15) is 0 Å². The van der Waals surface area contributed by atoms with Crippen LogP contribution in [0.1, 0.15) is 259 Å². The minimum Gasteiger partial charge on any atom is -0.462 e. The molecule has 0 aliphatic carbocycles. The van der Waals surface area contributed by atoms with Gasteiger partial charge in [0, 0.05) is 42.1 Å². The first-order valence-electron chi connectivity index (χ1n) is 32.5. The fourth-order valence-corrected chi connectivity index (χ4v) is 11.1. The molecule has 0 aliphatic heterocycles. The molecule has 0 aliphatic rings. The van der Waals surface area contributed by atoms with Crippen molar-refractivity contribution >= 4 is 27.6 Å². The monoisotopic (exact) mass is 1240 g/mol. The third kappa shape index (κ3) is 55.7. The lowest BCUT2D eigenvalue weighted by Crippen LogP contribution is -2.23. The van der Waals surface area contributed by atoms with Crippen molar-refractivity contribution in [1.29, 1.82) is 0 Å². The molecule has 0 bridgehead atoms. The van der Waals surface area contributed by atoms with Crippen LogP contribution < -0.4 is 5.73 Å². The smallest absolute Gasteiger partial charge is 0.462 e. The summed E-state index contributed by atoms with van der Waals surface area (Å²) in [6.45, 7) is 18.4. The molecule has 0 aromatic rings. The number of phosphoric acid groups is 2. The number of carbonyl (C=O) groups excluding carboxylic acids is 2. The van der Waals surface area contributed by atoms with Crippen molar-refractivity contribution in [3.8, 4) is 0 Å². The van der Waals surface area contributed by atoms with Crippen LogP contribution in [0.4, 0.5) is 0 Å². The van der Waals surface area contributed by atoms with Crippen molar-refractivity contribution in [1.82, 2.24) is 0 Å². The number of esters is 2. The summed E-state index contributed by atoms with van der Waals surface area (Å²) in [7, 11) is -7.70. The number of nitrogens with zero attached hydrogens (tertiary/aromatic N) is 6. The van der Waals surface area contributed by atoms with Crippen LogP contribution in [-0.4, -0.2) is 109 Å². The Balaban J connectivity index is 0. The molecule has 0 aromatic heterocycles. The van der Waals surface area contributed by atoms with E-state index in [1.54, 1.807) is 0 Å². The highest BCUT2D eigenvalue weighted by Crippen LogP contribution is 2.50. The summed E-state index contributed by atoms with van der Waals surface area (Å²) >= 11 is 0. The number of phosphoric ester groups is 2. The van der Waals surface area contributed by atoms with Gasteiger partial charge < -0.3 is 24.7 Å². The van der Waals surface area contributed by atoms with Gasteiger partial charge in [-0.05, 0) is 56.0 Å². The number of azide groups is 2. The van der Waals surface area contributed by atoms with Gasteiger partial charge in [-0.25, -0.2) is 9.13 Å². The van der Waals surface area contributed by atoms with E-state index in [2.05, 4.69) is 60.9 Å². The normalized spacial score (nSPS) is 14.1. The molecule has 0 amide bonds. The molecule has 492 valence electrons. The van der Waals surface area contributed by atoms with Gasteiger partial charge in [0.25, 0.3) is 0 Å². The Labute approximate surface area is 508 Å². The summed E-state index contributed by atoms with van der Waals surface area (Å²) in [5.41, 5.74) is 23.3. The van der Waals surface area contributed by atoms with Gasteiger partial charge in [0.05, 0.1) is 78.2 Å². The summed E-state index contributed by atoms with van der Waals surface area (Å²) in [4.78, 5) is 30.8. The van der Waals surface area contributed by atoms with Crippen molar-refractivity contribution in [2.24, 2.45) is 16.0 Å². The minimum absolute atomic E-state index is 0.00134. The van der Waals surface area contributed by atoms with E-state index in [1.165, 1.54) is 141 Å². The number of carbonyl (C=O) groups is 2. The maximum absolute atomic E-state index is 12.8. The largest absolute Gasteiger partial charge is 0.475 e. The first kappa shape index (κ1) is 83.2. The molecular formula is C61H119N7O14P2.